The van der Waals surface area contributed by atoms with Crippen LogP contribution in [0.3, 0.4) is 0 Å². The van der Waals surface area contributed by atoms with Crippen molar-refractivity contribution in [1.82, 2.24) is 0 Å². The Bertz CT molecular complexity index is 1730. The summed E-state index contributed by atoms with van der Waals surface area (Å²) in [7, 11) is 0. The number of hydrogen-bond acceptors (Lipinski definition) is 3. The molecule has 3 aliphatic rings. The Morgan fingerprint density at radius 2 is 0.721 bits per heavy atom. The number of nitrogens with zero attached hydrogens (tertiary/aromatic N) is 1. The van der Waals surface area contributed by atoms with Crippen molar-refractivity contribution in [2.24, 2.45) is 11.8 Å². The summed E-state index contributed by atoms with van der Waals surface area (Å²) in [5, 5.41) is 0. The molecule has 1 aliphatic heterocycles. The van der Waals surface area contributed by atoms with E-state index in [9.17, 15) is 9.59 Å². The van der Waals surface area contributed by atoms with Gasteiger partial charge in [-0.15, -0.1) is 0 Å². The Hall–Kier alpha value is -5.09. The molecule has 4 nitrogen and oxygen atoms in total. The molecular weight excluding hydrogens is 530 g/mol. The first-order valence-corrected chi connectivity index (χ1v) is 14.8. The standard InChI is InChI=1S/C39H29NO3/c41-35-33-34(36(42)40(35)30-24-14-5-15-25-30)39(29-22-12-4-13-23-29)32(27-18-8-2-9-19-27)31(26-16-6-1-7-17-26)38(33,37(39)43)28-20-10-3-11-21-28/h1-25,31-34H. The number of imide groups is 1. The number of ketones is 1. The number of carbonyl (C=O) groups is 3. The van der Waals surface area contributed by atoms with Crippen molar-refractivity contribution in [3.05, 3.63) is 174 Å². The summed E-state index contributed by atoms with van der Waals surface area (Å²) < 4.78 is 0. The average Bonchev–Trinajstić information content (AvgIpc) is 3.59. The van der Waals surface area contributed by atoms with Crippen molar-refractivity contribution in [2.75, 3.05) is 4.90 Å². The molecule has 5 aromatic carbocycles. The third-order valence-corrected chi connectivity index (χ3v) is 10.2. The van der Waals surface area contributed by atoms with Crippen LogP contribution in [-0.2, 0) is 25.2 Å². The molecule has 0 N–H and O–H groups in total. The van der Waals surface area contributed by atoms with Gasteiger partial charge in [-0.25, -0.2) is 4.90 Å². The van der Waals surface area contributed by atoms with Gasteiger partial charge in [-0.2, -0.15) is 0 Å². The lowest BCUT2D eigenvalue weighted by atomic mass is 9.52. The van der Waals surface area contributed by atoms with Crippen LogP contribution in [0, 0.1) is 11.8 Å². The van der Waals surface area contributed by atoms with Gasteiger partial charge in [-0.1, -0.05) is 140 Å². The Labute approximate surface area is 250 Å². The SMILES string of the molecule is O=C1C2C(C(=O)N1c1ccccc1)C1(c3ccccc3)C(=O)C2(c2ccccc2)C(c2ccccc2)C1c1ccccc1. The van der Waals surface area contributed by atoms with Crippen LogP contribution in [0.15, 0.2) is 152 Å². The number of carbonyl (C=O) groups excluding carboxylic acids is 3. The zero-order valence-corrected chi connectivity index (χ0v) is 23.4. The highest BCUT2D eigenvalue weighted by Crippen LogP contribution is 2.77. The van der Waals surface area contributed by atoms with E-state index in [-0.39, 0.29) is 29.4 Å². The molecule has 2 aliphatic carbocycles. The maximum Gasteiger partial charge on any atom is 0.239 e. The van der Waals surface area contributed by atoms with E-state index in [4.69, 9.17) is 0 Å². The number of rotatable bonds is 5. The summed E-state index contributed by atoms with van der Waals surface area (Å²) in [5.41, 5.74) is 1.57. The van der Waals surface area contributed by atoms with Crippen LogP contribution in [0.4, 0.5) is 5.69 Å². The van der Waals surface area contributed by atoms with E-state index in [0.29, 0.717) is 5.69 Å². The summed E-state index contributed by atoms with van der Waals surface area (Å²) in [6.45, 7) is 0. The van der Waals surface area contributed by atoms with Gasteiger partial charge in [-0.05, 0) is 34.4 Å². The second-order valence-corrected chi connectivity index (χ2v) is 11.9. The van der Waals surface area contributed by atoms with E-state index in [1.807, 2.05) is 115 Å². The van der Waals surface area contributed by atoms with Gasteiger partial charge < -0.3 is 0 Å². The normalized spacial score (nSPS) is 29.2. The van der Waals surface area contributed by atoms with Crippen molar-refractivity contribution in [3.63, 3.8) is 0 Å². The fraction of sp³-hybridized carbons (Fsp3) is 0.154. The summed E-state index contributed by atoms with van der Waals surface area (Å²) in [6.07, 6.45) is 0. The number of Topliss-reactive ketones (excluding diaryl/α,β-unsaturated/α-hetero) is 1. The molecule has 3 fully saturated rings. The highest BCUT2D eigenvalue weighted by atomic mass is 16.2. The fourth-order valence-electron chi connectivity index (χ4n) is 8.88. The van der Waals surface area contributed by atoms with Gasteiger partial charge in [0.05, 0.1) is 28.4 Å². The molecule has 4 heteroatoms. The molecule has 1 heterocycles. The molecule has 0 aromatic heterocycles. The van der Waals surface area contributed by atoms with Crippen LogP contribution in [0.25, 0.3) is 0 Å². The predicted molar refractivity (Wildman–Crippen MR) is 166 cm³/mol. The van der Waals surface area contributed by atoms with E-state index in [1.54, 1.807) is 12.1 Å². The van der Waals surface area contributed by atoms with Crippen LogP contribution >= 0.6 is 0 Å². The van der Waals surface area contributed by atoms with Crippen molar-refractivity contribution in [3.8, 4) is 0 Å². The van der Waals surface area contributed by atoms with Crippen molar-refractivity contribution in [1.29, 1.82) is 0 Å². The molecule has 208 valence electrons. The number of para-hydroxylation sites is 1. The first-order valence-electron chi connectivity index (χ1n) is 14.8. The summed E-state index contributed by atoms with van der Waals surface area (Å²) in [4.78, 5) is 46.9. The molecule has 6 atom stereocenters. The van der Waals surface area contributed by atoms with Gasteiger partial charge in [0.25, 0.3) is 0 Å². The third-order valence-electron chi connectivity index (χ3n) is 10.2. The minimum atomic E-state index is -1.26. The molecule has 8 rings (SSSR count). The van der Waals surface area contributed by atoms with E-state index in [2.05, 4.69) is 24.3 Å². The zero-order chi connectivity index (χ0) is 29.2. The first kappa shape index (κ1) is 25.6. The number of hydrogen-bond donors (Lipinski definition) is 0. The summed E-state index contributed by atoms with van der Waals surface area (Å²) in [5.74, 6) is -3.14. The lowest BCUT2D eigenvalue weighted by Gasteiger charge is -2.46. The molecule has 0 radical (unpaired) electrons. The lowest BCUT2D eigenvalue weighted by Crippen LogP contribution is -2.49. The Morgan fingerprint density at radius 3 is 1.09 bits per heavy atom. The number of benzene rings is 5. The van der Waals surface area contributed by atoms with Crippen LogP contribution in [-0.4, -0.2) is 17.6 Å². The van der Waals surface area contributed by atoms with E-state index in [1.165, 1.54) is 4.90 Å². The summed E-state index contributed by atoms with van der Waals surface area (Å²) in [6, 6.07) is 48.9. The molecule has 43 heavy (non-hydrogen) atoms. The van der Waals surface area contributed by atoms with Gasteiger partial charge in [0.2, 0.25) is 11.8 Å². The molecule has 6 unspecified atom stereocenters. The molecule has 2 bridgehead atoms. The first-order chi connectivity index (χ1) is 21.1. The third kappa shape index (κ3) is 3.18. The van der Waals surface area contributed by atoms with Gasteiger partial charge in [0.15, 0.2) is 5.78 Å². The largest absolute Gasteiger partial charge is 0.298 e. The van der Waals surface area contributed by atoms with Crippen molar-refractivity contribution in [2.45, 2.75) is 22.7 Å². The van der Waals surface area contributed by atoms with Gasteiger partial charge in [-0.3, -0.25) is 14.4 Å². The quantitative estimate of drug-likeness (QED) is 0.222. The minimum Gasteiger partial charge on any atom is -0.298 e. The molecule has 5 aromatic rings. The zero-order valence-electron chi connectivity index (χ0n) is 23.4. The summed E-state index contributed by atoms with van der Waals surface area (Å²) >= 11 is 0. The van der Waals surface area contributed by atoms with E-state index >= 15 is 4.79 Å². The second-order valence-electron chi connectivity index (χ2n) is 11.9. The molecule has 2 saturated carbocycles. The van der Waals surface area contributed by atoms with Gasteiger partial charge in [0.1, 0.15) is 0 Å². The van der Waals surface area contributed by atoms with Gasteiger partial charge in [0, 0.05) is 11.8 Å². The smallest absolute Gasteiger partial charge is 0.239 e. The average molecular weight is 560 g/mol. The maximum atomic E-state index is 15.8. The van der Waals surface area contributed by atoms with Crippen LogP contribution < -0.4 is 4.90 Å². The molecule has 1 saturated heterocycles. The lowest BCUT2D eigenvalue weighted by molar-refractivity contribution is -0.131. The monoisotopic (exact) mass is 559 g/mol. The molecular formula is C39H29NO3. The highest BCUT2D eigenvalue weighted by molar-refractivity contribution is 6.30. The number of fused-ring (bicyclic) bond motifs is 5. The topological polar surface area (TPSA) is 54.5 Å². The van der Waals surface area contributed by atoms with Crippen LogP contribution in [0.1, 0.15) is 34.1 Å². The van der Waals surface area contributed by atoms with Crippen LogP contribution in [0.2, 0.25) is 0 Å². The maximum absolute atomic E-state index is 15.8. The van der Waals surface area contributed by atoms with Gasteiger partial charge >= 0.3 is 0 Å². The van der Waals surface area contributed by atoms with Crippen LogP contribution in [0.5, 0.6) is 0 Å². The predicted octanol–water partition coefficient (Wildman–Crippen LogP) is 6.83. The number of anilines is 1. The Morgan fingerprint density at radius 1 is 0.395 bits per heavy atom. The molecule has 0 spiro atoms. The number of amides is 2. The Balaban J connectivity index is 1.53. The Kier molecular flexibility index (Phi) is 5.64. The fourth-order valence-corrected chi connectivity index (χ4v) is 8.88. The van der Waals surface area contributed by atoms with E-state index < -0.39 is 22.7 Å². The van der Waals surface area contributed by atoms with E-state index in [0.717, 1.165) is 22.3 Å². The second kappa shape index (κ2) is 9.47. The molecule has 2 amide bonds. The minimum absolute atomic E-state index is 0.0375. The van der Waals surface area contributed by atoms with Crippen molar-refractivity contribution < 1.29 is 14.4 Å². The highest BCUT2D eigenvalue weighted by Gasteiger charge is 2.86. The van der Waals surface area contributed by atoms with Crippen molar-refractivity contribution >= 4 is 23.3 Å².